The summed E-state index contributed by atoms with van der Waals surface area (Å²) >= 11 is 0. The van der Waals surface area contributed by atoms with Gasteiger partial charge in [0.2, 0.25) is 0 Å². The monoisotopic (exact) mass is 267 g/mol. The number of nitrogens with zero attached hydrogens (tertiary/aromatic N) is 1. The first-order valence-electron chi connectivity index (χ1n) is 6.87. The van der Waals surface area contributed by atoms with Crippen molar-refractivity contribution in [2.75, 3.05) is 19.7 Å². The van der Waals surface area contributed by atoms with Gasteiger partial charge in [-0.15, -0.1) is 0 Å². The van der Waals surface area contributed by atoms with Crippen LogP contribution in [0.5, 0.6) is 0 Å². The van der Waals surface area contributed by atoms with Crippen LogP contribution in [0.2, 0.25) is 0 Å². The Morgan fingerprint density at radius 3 is 2.58 bits per heavy atom. The van der Waals surface area contributed by atoms with E-state index < -0.39 is 5.97 Å². The average Bonchev–Trinajstić information content (AvgIpc) is 3.16. The number of carboxylic acids is 1. The van der Waals surface area contributed by atoms with Gasteiger partial charge in [-0.2, -0.15) is 0 Å². The Morgan fingerprint density at radius 1 is 1.37 bits per heavy atom. The first kappa shape index (κ1) is 13.9. The molecule has 0 aromatic carbocycles. The first-order valence-corrected chi connectivity index (χ1v) is 6.87. The van der Waals surface area contributed by atoms with Crippen LogP contribution >= 0.6 is 0 Å². The molecular formula is C14H21NO4. The van der Waals surface area contributed by atoms with Crippen LogP contribution in [0.25, 0.3) is 0 Å². The highest BCUT2D eigenvalue weighted by molar-refractivity contribution is 5.73. The van der Waals surface area contributed by atoms with Crippen molar-refractivity contribution in [1.29, 1.82) is 0 Å². The number of ether oxygens (including phenoxy) is 1. The molecule has 106 valence electrons. The third kappa shape index (κ3) is 3.72. The molecule has 0 aromatic rings. The number of hydrogen-bond acceptors (Lipinski definition) is 3. The number of piperidine rings is 1. The lowest BCUT2D eigenvalue weighted by Crippen LogP contribution is -2.39. The number of likely N-dealkylation sites (tertiary alicyclic amines) is 1. The summed E-state index contributed by atoms with van der Waals surface area (Å²) in [5, 5.41) is 8.87. The quantitative estimate of drug-likeness (QED) is 0.775. The van der Waals surface area contributed by atoms with Gasteiger partial charge in [0.1, 0.15) is 6.61 Å². The second kappa shape index (κ2) is 6.08. The molecule has 2 fully saturated rings. The van der Waals surface area contributed by atoms with E-state index in [1.165, 1.54) is 0 Å². The van der Waals surface area contributed by atoms with Gasteiger partial charge in [-0.1, -0.05) is 12.7 Å². The molecule has 5 nitrogen and oxygen atoms in total. The van der Waals surface area contributed by atoms with E-state index in [1.807, 2.05) is 0 Å². The Kier molecular flexibility index (Phi) is 4.45. The van der Waals surface area contributed by atoms with Crippen molar-refractivity contribution in [1.82, 2.24) is 4.90 Å². The molecule has 1 saturated heterocycles. The number of carbonyl (C=O) groups excluding carboxylic acids is 1. The third-order valence-electron chi connectivity index (χ3n) is 4.07. The van der Waals surface area contributed by atoms with Crippen molar-refractivity contribution < 1.29 is 19.4 Å². The lowest BCUT2D eigenvalue weighted by atomic mass is 9.91. The van der Waals surface area contributed by atoms with Crippen LogP contribution in [0.3, 0.4) is 0 Å². The standard InChI is InChI=1S/C14H21NO4/c1-2-7-19-14(18)15-5-3-10(4-6-15)8-11-9-12(11)13(16)17/h2,10-12H,1,3-9H2,(H,16,17)/t11-,12-/m1/s1. The molecule has 0 bridgehead atoms. The number of rotatable bonds is 5. The molecule has 1 amide bonds. The maximum Gasteiger partial charge on any atom is 0.410 e. The zero-order chi connectivity index (χ0) is 13.8. The normalized spacial score (nSPS) is 26.8. The molecule has 2 atom stereocenters. The molecular weight excluding hydrogens is 246 g/mol. The fraction of sp³-hybridized carbons (Fsp3) is 0.714. The van der Waals surface area contributed by atoms with Gasteiger partial charge in [-0.05, 0) is 37.5 Å². The van der Waals surface area contributed by atoms with E-state index in [0.29, 0.717) is 24.9 Å². The summed E-state index contributed by atoms with van der Waals surface area (Å²) in [6, 6.07) is 0. The van der Waals surface area contributed by atoms with Gasteiger partial charge in [0.05, 0.1) is 5.92 Å². The highest BCUT2D eigenvalue weighted by Gasteiger charge is 2.44. The summed E-state index contributed by atoms with van der Waals surface area (Å²) in [5.41, 5.74) is 0. The van der Waals surface area contributed by atoms with E-state index in [9.17, 15) is 9.59 Å². The van der Waals surface area contributed by atoms with E-state index in [2.05, 4.69) is 6.58 Å². The number of carboxylic acid groups (broad SMARTS) is 1. The smallest absolute Gasteiger partial charge is 0.410 e. The van der Waals surface area contributed by atoms with Crippen molar-refractivity contribution >= 4 is 12.1 Å². The molecule has 0 radical (unpaired) electrons. The maximum absolute atomic E-state index is 11.6. The summed E-state index contributed by atoms with van der Waals surface area (Å²) in [4.78, 5) is 24.1. The van der Waals surface area contributed by atoms with Crippen LogP contribution in [-0.2, 0) is 9.53 Å². The maximum atomic E-state index is 11.6. The largest absolute Gasteiger partial charge is 0.481 e. The van der Waals surface area contributed by atoms with Crippen molar-refractivity contribution in [2.24, 2.45) is 17.8 Å². The summed E-state index contributed by atoms with van der Waals surface area (Å²) in [6.45, 7) is 5.18. The summed E-state index contributed by atoms with van der Waals surface area (Å²) in [5.74, 6) is 0.144. The Balaban J connectivity index is 1.67. The van der Waals surface area contributed by atoms with E-state index in [4.69, 9.17) is 9.84 Å². The fourth-order valence-electron chi connectivity index (χ4n) is 2.81. The zero-order valence-corrected chi connectivity index (χ0v) is 11.1. The molecule has 2 aliphatic rings. The van der Waals surface area contributed by atoms with Crippen LogP contribution in [-0.4, -0.2) is 41.8 Å². The van der Waals surface area contributed by atoms with E-state index in [-0.39, 0.29) is 18.6 Å². The Morgan fingerprint density at radius 2 is 2.05 bits per heavy atom. The van der Waals surface area contributed by atoms with Crippen LogP contribution < -0.4 is 0 Å². The molecule has 1 aliphatic heterocycles. The van der Waals surface area contributed by atoms with Crippen molar-refractivity contribution in [3.8, 4) is 0 Å². The summed E-state index contributed by atoms with van der Waals surface area (Å²) < 4.78 is 5.00. The molecule has 1 aliphatic carbocycles. The Labute approximate surface area is 113 Å². The number of aliphatic carboxylic acids is 1. The predicted molar refractivity (Wildman–Crippen MR) is 69.7 cm³/mol. The molecule has 1 N–H and O–H groups in total. The molecule has 0 unspecified atom stereocenters. The van der Waals surface area contributed by atoms with Crippen molar-refractivity contribution in [2.45, 2.75) is 25.7 Å². The van der Waals surface area contributed by atoms with Crippen LogP contribution in [0.15, 0.2) is 12.7 Å². The average molecular weight is 267 g/mol. The SMILES string of the molecule is C=CCOC(=O)N1CCC(C[C@@H]2C[C@H]2C(=O)O)CC1. The fourth-order valence-corrected chi connectivity index (χ4v) is 2.81. The Hall–Kier alpha value is -1.52. The third-order valence-corrected chi connectivity index (χ3v) is 4.07. The molecule has 19 heavy (non-hydrogen) atoms. The number of amides is 1. The molecule has 5 heteroatoms. The van der Waals surface area contributed by atoms with Gasteiger partial charge >= 0.3 is 12.1 Å². The highest BCUT2D eigenvalue weighted by Crippen LogP contribution is 2.44. The zero-order valence-electron chi connectivity index (χ0n) is 11.1. The number of hydrogen-bond donors (Lipinski definition) is 1. The highest BCUT2D eigenvalue weighted by atomic mass is 16.6. The second-order valence-electron chi connectivity index (χ2n) is 5.47. The van der Waals surface area contributed by atoms with Gasteiger partial charge in [0, 0.05) is 13.1 Å². The molecule has 0 aromatic heterocycles. The molecule has 0 spiro atoms. The number of carbonyl (C=O) groups is 2. The van der Waals surface area contributed by atoms with Crippen LogP contribution in [0.4, 0.5) is 4.79 Å². The summed E-state index contributed by atoms with van der Waals surface area (Å²) in [6.07, 6.45) is 5.01. The minimum atomic E-state index is -0.657. The lowest BCUT2D eigenvalue weighted by molar-refractivity contribution is -0.138. The van der Waals surface area contributed by atoms with Crippen LogP contribution in [0.1, 0.15) is 25.7 Å². The van der Waals surface area contributed by atoms with E-state index >= 15 is 0 Å². The van der Waals surface area contributed by atoms with Crippen LogP contribution in [0, 0.1) is 17.8 Å². The lowest BCUT2D eigenvalue weighted by Gasteiger charge is -2.31. The van der Waals surface area contributed by atoms with Gasteiger partial charge in [-0.25, -0.2) is 4.79 Å². The minimum absolute atomic E-state index is 0.115. The van der Waals surface area contributed by atoms with Crippen molar-refractivity contribution in [3.63, 3.8) is 0 Å². The second-order valence-corrected chi connectivity index (χ2v) is 5.47. The molecule has 1 heterocycles. The summed E-state index contributed by atoms with van der Waals surface area (Å²) in [7, 11) is 0. The Bertz CT molecular complexity index is 360. The predicted octanol–water partition coefficient (Wildman–Crippen LogP) is 2.13. The van der Waals surface area contributed by atoms with Gasteiger partial charge in [0.15, 0.2) is 0 Å². The first-order chi connectivity index (χ1) is 9.11. The van der Waals surface area contributed by atoms with Crippen molar-refractivity contribution in [3.05, 3.63) is 12.7 Å². The molecule has 1 saturated carbocycles. The van der Waals surface area contributed by atoms with Gasteiger partial charge in [0.25, 0.3) is 0 Å². The topological polar surface area (TPSA) is 66.8 Å². The minimum Gasteiger partial charge on any atom is -0.481 e. The van der Waals surface area contributed by atoms with Gasteiger partial charge < -0.3 is 14.7 Å². The van der Waals surface area contributed by atoms with Gasteiger partial charge in [-0.3, -0.25) is 4.79 Å². The van der Waals surface area contributed by atoms with E-state index in [1.54, 1.807) is 11.0 Å². The molecule has 2 rings (SSSR count). The van der Waals surface area contributed by atoms with E-state index in [0.717, 1.165) is 25.7 Å².